The number of hydrogen-bond acceptors (Lipinski definition) is 4. The van der Waals surface area contributed by atoms with E-state index in [4.69, 9.17) is 0 Å². The molecule has 0 aromatic carbocycles. The van der Waals surface area contributed by atoms with Crippen molar-refractivity contribution in [3.63, 3.8) is 0 Å². The third-order valence-electron chi connectivity index (χ3n) is 5.73. The summed E-state index contributed by atoms with van der Waals surface area (Å²) < 4.78 is 34.0. The molecule has 29 heavy (non-hydrogen) atoms. The molecule has 0 aliphatic rings. The van der Waals surface area contributed by atoms with Crippen LogP contribution in [-0.2, 0) is 10.1 Å². The van der Waals surface area contributed by atoms with Gasteiger partial charge in [-0.3, -0.25) is 0 Å². The zero-order chi connectivity index (χ0) is 21.1. The van der Waals surface area contributed by atoms with Crippen LogP contribution in [0.2, 0.25) is 0 Å². The Bertz CT molecular complexity index is 429. The minimum atomic E-state index is -4.41. The zero-order valence-electron chi connectivity index (χ0n) is 19.7. The first-order chi connectivity index (χ1) is 13.4. The average Bonchev–Trinajstić information content (AvgIpc) is 2.63. The Hall–Kier alpha value is 1.51. The van der Waals surface area contributed by atoms with Crippen LogP contribution in [0.5, 0.6) is 0 Å². The van der Waals surface area contributed by atoms with Crippen molar-refractivity contribution < 1.29 is 69.5 Å². The molecular formula is C23H47KO4S. The van der Waals surface area contributed by atoms with Gasteiger partial charge in [0, 0.05) is 0 Å². The van der Waals surface area contributed by atoms with Gasteiger partial charge in [0.05, 0.1) is 11.4 Å². The van der Waals surface area contributed by atoms with Gasteiger partial charge in [-0.2, -0.15) is 0 Å². The fourth-order valence-electron chi connectivity index (χ4n) is 3.90. The molecule has 0 radical (unpaired) electrons. The molecule has 6 heteroatoms. The fraction of sp³-hybridized carbons (Fsp3) is 1.00. The first-order valence-corrected chi connectivity index (χ1v) is 13.5. The van der Waals surface area contributed by atoms with Crippen molar-refractivity contribution in [1.29, 1.82) is 0 Å². The fourth-order valence-corrected chi connectivity index (χ4v) is 4.88. The van der Waals surface area contributed by atoms with Gasteiger partial charge in [-0.1, -0.05) is 123 Å². The predicted molar refractivity (Wildman–Crippen MR) is 119 cm³/mol. The molecule has 170 valence electrons. The van der Waals surface area contributed by atoms with Gasteiger partial charge in [-0.25, -0.2) is 8.42 Å². The van der Waals surface area contributed by atoms with E-state index in [0.717, 1.165) is 12.8 Å². The second-order valence-electron chi connectivity index (χ2n) is 8.48. The van der Waals surface area contributed by atoms with Crippen LogP contribution in [-0.4, -0.2) is 29.4 Å². The molecule has 0 saturated heterocycles. The summed E-state index contributed by atoms with van der Waals surface area (Å²) in [6, 6.07) is 0. The Labute approximate surface area is 224 Å². The maximum Gasteiger partial charge on any atom is 1.00 e. The Morgan fingerprint density at radius 3 is 1.28 bits per heavy atom. The molecule has 2 atom stereocenters. The molecule has 0 aromatic heterocycles. The zero-order valence-corrected chi connectivity index (χ0v) is 23.6. The van der Waals surface area contributed by atoms with Crippen molar-refractivity contribution >= 4 is 10.1 Å². The van der Waals surface area contributed by atoms with Gasteiger partial charge in [0.25, 0.3) is 0 Å². The Kier molecular flexibility index (Phi) is 25.6. The second kappa shape index (κ2) is 22.7. The molecule has 1 N–H and O–H groups in total. The Balaban J connectivity index is 0. The summed E-state index contributed by atoms with van der Waals surface area (Å²) in [5, 5.41) is 8.77. The van der Waals surface area contributed by atoms with E-state index in [1.54, 1.807) is 0 Å². The normalized spacial score (nSPS) is 13.8. The molecule has 0 bridgehead atoms. The summed E-state index contributed by atoms with van der Waals surface area (Å²) >= 11 is 0. The van der Waals surface area contributed by atoms with E-state index >= 15 is 0 Å². The maximum atomic E-state index is 11.3. The quantitative estimate of drug-likeness (QED) is 0.162. The summed E-state index contributed by atoms with van der Waals surface area (Å²) in [6.45, 7) is 4.14. The molecule has 0 heterocycles. The number of rotatable bonds is 21. The average molecular weight is 459 g/mol. The molecule has 0 amide bonds. The van der Waals surface area contributed by atoms with Crippen LogP contribution in [0.4, 0.5) is 0 Å². The minimum absolute atomic E-state index is 0. The summed E-state index contributed by atoms with van der Waals surface area (Å²) in [5.41, 5.74) is 0. The van der Waals surface area contributed by atoms with Crippen molar-refractivity contribution in [2.45, 2.75) is 147 Å². The number of unbranched alkanes of at least 4 members (excludes halogenated alkanes) is 15. The summed E-state index contributed by atoms with van der Waals surface area (Å²) in [4.78, 5) is 0. The molecule has 0 aromatic rings. The van der Waals surface area contributed by atoms with Crippen molar-refractivity contribution in [2.24, 2.45) is 0 Å². The molecule has 0 fully saturated rings. The monoisotopic (exact) mass is 458 g/mol. The van der Waals surface area contributed by atoms with Crippen LogP contribution in [0.3, 0.4) is 0 Å². The van der Waals surface area contributed by atoms with Crippen LogP contribution in [0.15, 0.2) is 0 Å². The van der Waals surface area contributed by atoms with Crippen LogP contribution in [0.25, 0.3) is 0 Å². The van der Waals surface area contributed by atoms with Gasteiger partial charge in [-0.15, -0.1) is 0 Å². The van der Waals surface area contributed by atoms with Crippen LogP contribution in [0, 0.1) is 0 Å². The number of hydrogen-bond donors (Lipinski definition) is 1. The van der Waals surface area contributed by atoms with Crippen molar-refractivity contribution in [2.75, 3.05) is 0 Å². The van der Waals surface area contributed by atoms with Gasteiger partial charge < -0.3 is 9.66 Å². The van der Waals surface area contributed by atoms with Crippen molar-refractivity contribution in [3.8, 4) is 0 Å². The van der Waals surface area contributed by atoms with Gasteiger partial charge in [0.1, 0.15) is 10.1 Å². The third kappa shape index (κ3) is 21.1. The summed E-state index contributed by atoms with van der Waals surface area (Å²) in [7, 11) is -4.41. The van der Waals surface area contributed by atoms with Crippen molar-refractivity contribution in [3.05, 3.63) is 0 Å². The molecule has 0 aliphatic carbocycles. The SMILES string of the molecule is CCCCCCCCCCCCCCCCCCC(C(O)CCC)S(=O)(=O)[O-].[K+]. The standard InChI is InChI=1S/C23H48O4S.K/c1-3-5-6-7-8-9-10-11-12-13-14-15-16-17-18-19-21-23(28(25,26)27)22(24)20-4-2;/h22-24H,3-21H2,1-2H3,(H,25,26,27);/q;+1/p-1. The van der Waals surface area contributed by atoms with Crippen LogP contribution >= 0.6 is 0 Å². The van der Waals surface area contributed by atoms with E-state index in [2.05, 4.69) is 6.92 Å². The summed E-state index contributed by atoms with van der Waals surface area (Å²) in [5.74, 6) is 0. The van der Waals surface area contributed by atoms with E-state index in [1.807, 2.05) is 6.92 Å². The molecular weight excluding hydrogens is 411 g/mol. The largest absolute Gasteiger partial charge is 1.00 e. The first kappa shape index (κ1) is 32.7. The topological polar surface area (TPSA) is 77.4 Å². The molecule has 0 aliphatic heterocycles. The second-order valence-corrected chi connectivity index (χ2v) is 10.1. The molecule has 0 rings (SSSR count). The summed E-state index contributed by atoms with van der Waals surface area (Å²) in [6.07, 6.45) is 20.6. The van der Waals surface area contributed by atoms with E-state index in [1.165, 1.54) is 83.5 Å². The molecule has 0 saturated carbocycles. The van der Waals surface area contributed by atoms with Gasteiger partial charge in [-0.05, 0) is 12.8 Å². The Morgan fingerprint density at radius 1 is 0.621 bits per heavy atom. The van der Waals surface area contributed by atoms with Gasteiger partial charge >= 0.3 is 51.4 Å². The van der Waals surface area contributed by atoms with E-state index in [0.29, 0.717) is 25.7 Å². The van der Waals surface area contributed by atoms with Gasteiger partial charge in [0.2, 0.25) is 0 Å². The molecule has 4 nitrogen and oxygen atoms in total. The van der Waals surface area contributed by atoms with Crippen LogP contribution in [0.1, 0.15) is 136 Å². The number of aliphatic hydroxyl groups excluding tert-OH is 1. The molecule has 2 unspecified atom stereocenters. The van der Waals surface area contributed by atoms with E-state index in [-0.39, 0.29) is 51.4 Å². The number of aliphatic hydroxyl groups is 1. The first-order valence-electron chi connectivity index (χ1n) is 12.1. The smallest absolute Gasteiger partial charge is 0.748 e. The van der Waals surface area contributed by atoms with E-state index in [9.17, 15) is 18.1 Å². The predicted octanol–water partition coefficient (Wildman–Crippen LogP) is 3.72. The maximum absolute atomic E-state index is 11.3. The minimum Gasteiger partial charge on any atom is -0.748 e. The molecule has 0 spiro atoms. The van der Waals surface area contributed by atoms with E-state index < -0.39 is 21.5 Å². The van der Waals surface area contributed by atoms with Crippen molar-refractivity contribution in [1.82, 2.24) is 0 Å². The van der Waals surface area contributed by atoms with Crippen LogP contribution < -0.4 is 51.4 Å². The van der Waals surface area contributed by atoms with Gasteiger partial charge in [0.15, 0.2) is 0 Å². The third-order valence-corrected chi connectivity index (χ3v) is 7.02. The Morgan fingerprint density at radius 2 is 0.966 bits per heavy atom.